The van der Waals surface area contributed by atoms with Crippen molar-refractivity contribution in [1.82, 2.24) is 0 Å². The zero-order valence-corrected chi connectivity index (χ0v) is 13.9. The molecule has 1 amide bonds. The van der Waals surface area contributed by atoms with E-state index in [9.17, 15) is 4.79 Å². The summed E-state index contributed by atoms with van der Waals surface area (Å²) in [6, 6.07) is 12.9. The van der Waals surface area contributed by atoms with Crippen molar-refractivity contribution in [3.05, 3.63) is 57.5 Å². The van der Waals surface area contributed by atoms with Gasteiger partial charge in [-0.25, -0.2) is 0 Å². The van der Waals surface area contributed by atoms with E-state index in [-0.39, 0.29) is 11.8 Å². The number of halogens is 2. The summed E-state index contributed by atoms with van der Waals surface area (Å²) in [6.45, 7) is 2.01. The molecule has 2 aromatic carbocycles. The van der Waals surface area contributed by atoms with E-state index in [1.807, 2.05) is 37.3 Å². The number of amides is 1. The Morgan fingerprint density at radius 2 is 1.95 bits per heavy atom. The molecule has 1 atom stereocenters. The van der Waals surface area contributed by atoms with Crippen LogP contribution < -0.4 is 11.1 Å². The Kier molecular flexibility index (Phi) is 5.26. The molecule has 0 aliphatic heterocycles. The first kappa shape index (κ1) is 15.9. The standard InChI is InChI=1S/C16H16BrClN2O/c1-10(11-2-4-12(19)5-3-11)8-16(21)20-13-6-7-14(17)15(18)9-13/h2-7,9-10H,8,19H2,1H3,(H,20,21). The number of hydrogen-bond acceptors (Lipinski definition) is 2. The zero-order valence-electron chi connectivity index (χ0n) is 11.6. The molecule has 5 heteroatoms. The van der Waals surface area contributed by atoms with Crippen molar-refractivity contribution in [1.29, 1.82) is 0 Å². The predicted octanol–water partition coefficient (Wildman–Crippen LogP) is 4.82. The van der Waals surface area contributed by atoms with Crippen LogP contribution in [0, 0.1) is 0 Å². The number of nitrogens with two attached hydrogens (primary N) is 1. The molecule has 110 valence electrons. The van der Waals surface area contributed by atoms with Crippen molar-refractivity contribution in [3.63, 3.8) is 0 Å². The maximum atomic E-state index is 12.1. The SMILES string of the molecule is CC(CC(=O)Nc1ccc(Br)c(Cl)c1)c1ccc(N)cc1. The Morgan fingerprint density at radius 3 is 2.57 bits per heavy atom. The van der Waals surface area contributed by atoms with Crippen molar-refractivity contribution < 1.29 is 4.79 Å². The second-order valence-corrected chi connectivity index (χ2v) is 6.21. The second-order valence-electron chi connectivity index (χ2n) is 4.95. The van der Waals surface area contributed by atoms with E-state index in [0.717, 1.165) is 15.7 Å². The third-order valence-corrected chi connectivity index (χ3v) is 4.43. The summed E-state index contributed by atoms with van der Waals surface area (Å²) in [4.78, 5) is 12.1. The van der Waals surface area contributed by atoms with Crippen molar-refractivity contribution in [3.8, 4) is 0 Å². The Bertz CT molecular complexity index is 643. The number of rotatable bonds is 4. The van der Waals surface area contributed by atoms with Gasteiger partial charge in [-0.1, -0.05) is 30.7 Å². The topological polar surface area (TPSA) is 55.1 Å². The fourth-order valence-electron chi connectivity index (χ4n) is 2.01. The number of benzene rings is 2. The van der Waals surface area contributed by atoms with Crippen LogP contribution in [0.15, 0.2) is 46.9 Å². The third kappa shape index (κ3) is 4.48. The van der Waals surface area contributed by atoms with Crippen LogP contribution in [0.1, 0.15) is 24.8 Å². The van der Waals surface area contributed by atoms with Crippen molar-refractivity contribution in [2.75, 3.05) is 11.1 Å². The zero-order chi connectivity index (χ0) is 15.4. The number of nitrogen functional groups attached to an aromatic ring is 1. The quantitative estimate of drug-likeness (QED) is 0.761. The molecule has 0 spiro atoms. The largest absolute Gasteiger partial charge is 0.399 e. The van der Waals surface area contributed by atoms with Gasteiger partial charge in [0.05, 0.1) is 5.02 Å². The fraction of sp³-hybridized carbons (Fsp3) is 0.188. The van der Waals surface area contributed by atoms with Crippen molar-refractivity contribution in [2.45, 2.75) is 19.3 Å². The summed E-state index contributed by atoms with van der Waals surface area (Å²) in [5.74, 6) is 0.0780. The molecule has 21 heavy (non-hydrogen) atoms. The predicted molar refractivity (Wildman–Crippen MR) is 91.7 cm³/mol. The van der Waals surface area contributed by atoms with E-state index in [4.69, 9.17) is 17.3 Å². The first-order valence-corrected chi connectivity index (χ1v) is 7.73. The summed E-state index contributed by atoms with van der Waals surface area (Å²) in [5.41, 5.74) is 8.17. The molecule has 0 saturated heterocycles. The van der Waals surface area contributed by atoms with Gasteiger partial charge in [0.15, 0.2) is 0 Å². The van der Waals surface area contributed by atoms with Gasteiger partial charge in [0.2, 0.25) is 5.91 Å². The van der Waals surface area contributed by atoms with Gasteiger partial charge in [-0.2, -0.15) is 0 Å². The Hall–Kier alpha value is -1.52. The number of nitrogens with one attached hydrogen (secondary N) is 1. The van der Waals surface area contributed by atoms with Crippen LogP contribution in [0.3, 0.4) is 0 Å². The van der Waals surface area contributed by atoms with Crippen LogP contribution >= 0.6 is 27.5 Å². The number of anilines is 2. The molecular weight excluding hydrogens is 352 g/mol. The summed E-state index contributed by atoms with van der Waals surface area (Å²) < 4.78 is 0.803. The monoisotopic (exact) mass is 366 g/mol. The minimum atomic E-state index is -0.0438. The summed E-state index contributed by atoms with van der Waals surface area (Å²) in [7, 11) is 0. The van der Waals surface area contributed by atoms with Crippen LogP contribution in [-0.2, 0) is 4.79 Å². The summed E-state index contributed by atoms with van der Waals surface area (Å²) >= 11 is 9.32. The van der Waals surface area contributed by atoms with Crippen LogP contribution in [0.5, 0.6) is 0 Å². The molecule has 3 N–H and O–H groups in total. The molecule has 2 aromatic rings. The molecule has 0 bridgehead atoms. The molecule has 0 aliphatic rings. The van der Waals surface area contributed by atoms with E-state index >= 15 is 0 Å². The van der Waals surface area contributed by atoms with Crippen molar-refractivity contribution in [2.24, 2.45) is 0 Å². The highest BCUT2D eigenvalue weighted by Crippen LogP contribution is 2.26. The van der Waals surface area contributed by atoms with Gasteiger partial charge in [-0.3, -0.25) is 4.79 Å². The minimum absolute atomic E-state index is 0.0438. The van der Waals surface area contributed by atoms with E-state index in [1.165, 1.54) is 0 Å². The van der Waals surface area contributed by atoms with Crippen LogP contribution in [0.4, 0.5) is 11.4 Å². The molecule has 3 nitrogen and oxygen atoms in total. The molecular formula is C16H16BrClN2O. The lowest BCUT2D eigenvalue weighted by Crippen LogP contribution is -2.14. The maximum absolute atomic E-state index is 12.1. The molecule has 0 radical (unpaired) electrons. The lowest BCUT2D eigenvalue weighted by atomic mass is 9.97. The molecule has 0 saturated carbocycles. The van der Waals surface area contributed by atoms with E-state index in [0.29, 0.717) is 17.1 Å². The van der Waals surface area contributed by atoms with Crippen LogP contribution in [-0.4, -0.2) is 5.91 Å². The average molecular weight is 368 g/mol. The number of carbonyl (C=O) groups is 1. The molecule has 0 aliphatic carbocycles. The average Bonchev–Trinajstić information content (AvgIpc) is 2.43. The normalized spacial score (nSPS) is 12.0. The summed E-state index contributed by atoms with van der Waals surface area (Å²) in [6.07, 6.45) is 0.400. The van der Waals surface area contributed by atoms with Crippen LogP contribution in [0.25, 0.3) is 0 Å². The lowest BCUT2D eigenvalue weighted by molar-refractivity contribution is -0.116. The fourth-order valence-corrected chi connectivity index (χ4v) is 2.43. The first-order valence-electron chi connectivity index (χ1n) is 6.56. The number of hydrogen-bond donors (Lipinski definition) is 2. The third-order valence-electron chi connectivity index (χ3n) is 3.20. The van der Waals surface area contributed by atoms with Gasteiger partial charge in [-0.05, 0) is 57.7 Å². The minimum Gasteiger partial charge on any atom is -0.399 e. The highest BCUT2D eigenvalue weighted by atomic mass is 79.9. The van der Waals surface area contributed by atoms with Gasteiger partial charge in [0.25, 0.3) is 0 Å². The van der Waals surface area contributed by atoms with E-state index in [2.05, 4.69) is 21.2 Å². The molecule has 0 fully saturated rings. The lowest BCUT2D eigenvalue weighted by Gasteiger charge is -2.12. The molecule has 0 aromatic heterocycles. The molecule has 0 heterocycles. The van der Waals surface area contributed by atoms with E-state index in [1.54, 1.807) is 12.1 Å². The highest BCUT2D eigenvalue weighted by Gasteiger charge is 2.12. The van der Waals surface area contributed by atoms with Crippen molar-refractivity contribution >= 4 is 44.8 Å². The van der Waals surface area contributed by atoms with Gasteiger partial charge >= 0.3 is 0 Å². The van der Waals surface area contributed by atoms with Gasteiger partial charge in [0, 0.05) is 22.3 Å². The van der Waals surface area contributed by atoms with Crippen LogP contribution in [0.2, 0.25) is 5.02 Å². The molecule has 1 unspecified atom stereocenters. The maximum Gasteiger partial charge on any atom is 0.224 e. The van der Waals surface area contributed by atoms with Gasteiger partial charge in [0.1, 0.15) is 0 Å². The number of carbonyl (C=O) groups excluding carboxylic acids is 1. The highest BCUT2D eigenvalue weighted by molar-refractivity contribution is 9.10. The Morgan fingerprint density at radius 1 is 1.29 bits per heavy atom. The first-order chi connectivity index (χ1) is 9.95. The van der Waals surface area contributed by atoms with Gasteiger partial charge < -0.3 is 11.1 Å². The Balaban J connectivity index is 1.97. The Labute approximate surface area is 137 Å². The second kappa shape index (κ2) is 6.96. The smallest absolute Gasteiger partial charge is 0.224 e. The molecule has 2 rings (SSSR count). The van der Waals surface area contributed by atoms with E-state index < -0.39 is 0 Å². The van der Waals surface area contributed by atoms with Gasteiger partial charge in [-0.15, -0.1) is 0 Å². The summed E-state index contributed by atoms with van der Waals surface area (Å²) in [5, 5.41) is 3.42.